The molecule has 6 atom stereocenters. The van der Waals surface area contributed by atoms with Crippen LogP contribution in [0.2, 0.25) is 0 Å². The van der Waals surface area contributed by atoms with Crippen LogP contribution >= 0.6 is 0 Å². The number of cyclic esters (lactones) is 1. The first-order valence-corrected chi connectivity index (χ1v) is 12.4. The second-order valence-corrected chi connectivity index (χ2v) is 10.8. The van der Waals surface area contributed by atoms with Gasteiger partial charge in [-0.25, -0.2) is 4.79 Å². The highest BCUT2D eigenvalue weighted by Crippen LogP contribution is 2.64. The Hall–Kier alpha value is -3.68. The van der Waals surface area contributed by atoms with Crippen LogP contribution in [0.15, 0.2) is 59.1 Å². The summed E-state index contributed by atoms with van der Waals surface area (Å²) in [6.07, 6.45) is 5.13. The predicted octanol–water partition coefficient (Wildman–Crippen LogP) is 4.73. The lowest BCUT2D eigenvalue weighted by Crippen LogP contribution is -2.61. The van der Waals surface area contributed by atoms with E-state index in [0.29, 0.717) is 36.0 Å². The van der Waals surface area contributed by atoms with Crippen LogP contribution in [0.5, 0.6) is 0 Å². The topological polar surface area (TPSA) is 109 Å². The van der Waals surface area contributed by atoms with Gasteiger partial charge in [0.05, 0.1) is 37.0 Å². The molecule has 0 N–H and O–H groups in total. The number of rotatable bonds is 4. The fourth-order valence-corrected chi connectivity index (χ4v) is 6.84. The molecule has 2 aliphatic carbocycles. The number of ketones is 1. The minimum absolute atomic E-state index is 0.188. The van der Waals surface area contributed by atoms with Crippen LogP contribution in [0.4, 0.5) is 0 Å². The number of allylic oxidation sites excluding steroid dienone is 1. The molecule has 5 rings (SSSR count). The molecule has 194 valence electrons. The molecule has 8 heteroatoms. The Morgan fingerprint density at radius 3 is 2.51 bits per heavy atom. The number of fused-ring (bicyclic) bond motifs is 3. The molecule has 0 bridgehead atoms. The van der Waals surface area contributed by atoms with Gasteiger partial charge in [-0.3, -0.25) is 14.4 Å². The number of furan rings is 1. The van der Waals surface area contributed by atoms with Crippen LogP contribution in [-0.4, -0.2) is 30.8 Å². The molecule has 1 aromatic carbocycles. The normalized spacial score (nSPS) is 32.9. The lowest BCUT2D eigenvalue weighted by molar-refractivity contribution is -0.197. The fraction of sp³-hybridized carbons (Fsp3) is 0.448. The number of benzene rings is 1. The smallest absolute Gasteiger partial charge is 0.343 e. The monoisotopic (exact) mass is 506 g/mol. The highest BCUT2D eigenvalue weighted by molar-refractivity contribution is 6.03. The molecule has 37 heavy (non-hydrogen) atoms. The largest absolute Gasteiger partial charge is 0.472 e. The van der Waals surface area contributed by atoms with E-state index < -0.39 is 52.4 Å². The van der Waals surface area contributed by atoms with Gasteiger partial charge in [-0.15, -0.1) is 0 Å². The van der Waals surface area contributed by atoms with Crippen molar-refractivity contribution in [3.8, 4) is 0 Å². The van der Waals surface area contributed by atoms with Gasteiger partial charge in [-0.2, -0.15) is 0 Å². The quantitative estimate of drug-likeness (QED) is 0.433. The molecule has 0 unspecified atom stereocenters. The SMILES string of the molecule is COC(=O)[C@@H]1C=C(OC(=O)c2ccccc2C)C(=O)[C@H]2[C@@]1(C)CC[C@H]1C(=O)O[C@H](c3ccoc3)C[C@]21C. The first-order chi connectivity index (χ1) is 17.6. The zero-order valence-electron chi connectivity index (χ0n) is 21.3. The number of methoxy groups -OCH3 is 1. The number of hydrogen-bond donors (Lipinski definition) is 0. The summed E-state index contributed by atoms with van der Waals surface area (Å²) >= 11 is 0. The van der Waals surface area contributed by atoms with E-state index >= 15 is 0 Å². The molecule has 0 amide bonds. The molecular weight excluding hydrogens is 476 g/mol. The van der Waals surface area contributed by atoms with E-state index in [1.807, 2.05) is 13.8 Å². The number of ether oxygens (including phenoxy) is 3. The highest BCUT2D eigenvalue weighted by atomic mass is 16.6. The Balaban J connectivity index is 1.58. The number of hydrogen-bond acceptors (Lipinski definition) is 8. The Bertz CT molecular complexity index is 1290. The third-order valence-corrected chi connectivity index (χ3v) is 8.73. The fourth-order valence-electron chi connectivity index (χ4n) is 6.84. The van der Waals surface area contributed by atoms with Crippen LogP contribution in [0.3, 0.4) is 0 Å². The number of esters is 3. The second-order valence-electron chi connectivity index (χ2n) is 10.8. The summed E-state index contributed by atoms with van der Waals surface area (Å²) in [5.41, 5.74) is 0.0331. The Kier molecular flexibility index (Phi) is 6.09. The van der Waals surface area contributed by atoms with Gasteiger partial charge < -0.3 is 18.6 Å². The summed E-state index contributed by atoms with van der Waals surface area (Å²) in [5, 5.41) is 0. The maximum Gasteiger partial charge on any atom is 0.343 e. The number of carbonyl (C=O) groups excluding carboxylic acids is 4. The average molecular weight is 507 g/mol. The van der Waals surface area contributed by atoms with Gasteiger partial charge in [-0.1, -0.05) is 32.0 Å². The van der Waals surface area contributed by atoms with Gasteiger partial charge in [-0.05, 0) is 60.8 Å². The van der Waals surface area contributed by atoms with Crippen molar-refractivity contribution >= 4 is 23.7 Å². The van der Waals surface area contributed by atoms with E-state index in [2.05, 4.69) is 0 Å². The Labute approximate surface area is 214 Å². The predicted molar refractivity (Wildman–Crippen MR) is 130 cm³/mol. The minimum atomic E-state index is -0.859. The zero-order valence-corrected chi connectivity index (χ0v) is 21.3. The molecule has 1 saturated carbocycles. The summed E-state index contributed by atoms with van der Waals surface area (Å²) < 4.78 is 21.8. The van der Waals surface area contributed by atoms with Gasteiger partial charge >= 0.3 is 17.9 Å². The van der Waals surface area contributed by atoms with E-state index in [0.717, 1.165) is 0 Å². The molecule has 3 aliphatic rings. The van der Waals surface area contributed by atoms with E-state index in [9.17, 15) is 19.2 Å². The van der Waals surface area contributed by atoms with Crippen LogP contribution in [-0.2, 0) is 28.6 Å². The van der Waals surface area contributed by atoms with Crippen LogP contribution in [0, 0.1) is 35.5 Å². The van der Waals surface area contributed by atoms with Gasteiger partial charge in [0, 0.05) is 11.5 Å². The molecule has 0 radical (unpaired) electrons. The molecule has 2 heterocycles. The molecule has 2 aromatic rings. The second kappa shape index (κ2) is 9.01. The number of carbonyl (C=O) groups is 4. The molecule has 8 nitrogen and oxygen atoms in total. The summed E-state index contributed by atoms with van der Waals surface area (Å²) in [6.45, 7) is 5.58. The van der Waals surface area contributed by atoms with Gasteiger partial charge in [0.25, 0.3) is 0 Å². The summed E-state index contributed by atoms with van der Waals surface area (Å²) in [5.74, 6) is -4.31. The van der Waals surface area contributed by atoms with Crippen molar-refractivity contribution in [3.05, 3.63) is 71.4 Å². The van der Waals surface area contributed by atoms with Crippen molar-refractivity contribution in [1.82, 2.24) is 0 Å². The summed E-state index contributed by atoms with van der Waals surface area (Å²) in [6, 6.07) is 8.65. The van der Waals surface area contributed by atoms with Crippen molar-refractivity contribution < 1.29 is 37.8 Å². The van der Waals surface area contributed by atoms with Gasteiger partial charge in [0.2, 0.25) is 5.78 Å². The minimum Gasteiger partial charge on any atom is -0.472 e. The molecule has 1 aliphatic heterocycles. The van der Waals surface area contributed by atoms with E-state index in [4.69, 9.17) is 18.6 Å². The van der Waals surface area contributed by atoms with Crippen LogP contribution in [0.25, 0.3) is 0 Å². The first kappa shape index (κ1) is 25.0. The summed E-state index contributed by atoms with van der Waals surface area (Å²) in [7, 11) is 1.30. The lowest BCUT2D eigenvalue weighted by atomic mass is 9.44. The third-order valence-electron chi connectivity index (χ3n) is 8.73. The average Bonchev–Trinajstić information content (AvgIpc) is 3.40. The van der Waals surface area contributed by atoms with E-state index in [-0.39, 0.29) is 11.7 Å². The van der Waals surface area contributed by atoms with Crippen molar-refractivity contribution in [2.24, 2.45) is 28.6 Å². The maximum atomic E-state index is 14.2. The van der Waals surface area contributed by atoms with Gasteiger partial charge in [0.15, 0.2) is 5.76 Å². The molecular formula is C29H30O8. The van der Waals surface area contributed by atoms with Crippen LogP contribution < -0.4 is 0 Å². The standard InChI is InChI=1S/C29H30O8/c1-16-7-5-6-8-18(16)25(31)36-21-13-20(26(32)34-4)28(2)11-9-19-27(33)37-22(17-10-12-35-15-17)14-29(19,3)24(28)23(21)30/h5-8,10,12-13,15,19-20,22,24H,9,11,14H2,1-4H3/t19-,20-,22-,24-,28-,29-/m0/s1. The maximum absolute atomic E-state index is 14.2. The highest BCUT2D eigenvalue weighted by Gasteiger charge is 2.66. The first-order valence-electron chi connectivity index (χ1n) is 12.4. The molecule has 1 saturated heterocycles. The van der Waals surface area contributed by atoms with Crippen molar-refractivity contribution in [3.63, 3.8) is 0 Å². The lowest BCUT2D eigenvalue weighted by Gasteiger charge is -2.59. The summed E-state index contributed by atoms with van der Waals surface area (Å²) in [4.78, 5) is 53.5. The molecule has 1 aromatic heterocycles. The molecule has 2 fully saturated rings. The molecule has 0 spiro atoms. The van der Waals surface area contributed by atoms with Crippen molar-refractivity contribution in [2.45, 2.75) is 46.1 Å². The van der Waals surface area contributed by atoms with Gasteiger partial charge in [0.1, 0.15) is 6.10 Å². The van der Waals surface area contributed by atoms with E-state index in [1.165, 1.54) is 25.7 Å². The zero-order chi connectivity index (χ0) is 26.5. The van der Waals surface area contributed by atoms with Crippen molar-refractivity contribution in [2.75, 3.05) is 7.11 Å². The Morgan fingerprint density at radius 2 is 1.84 bits per heavy atom. The third kappa shape index (κ3) is 3.90. The number of Topliss-reactive ketones (excluding diaryl/α,β-unsaturated/α-hetero) is 1. The Morgan fingerprint density at radius 1 is 1.08 bits per heavy atom. The van der Waals surface area contributed by atoms with Crippen LogP contribution in [0.1, 0.15) is 60.7 Å². The van der Waals surface area contributed by atoms with E-state index in [1.54, 1.807) is 37.3 Å². The number of aryl methyl sites for hydroxylation is 1. The van der Waals surface area contributed by atoms with Crippen molar-refractivity contribution in [1.29, 1.82) is 0 Å².